The summed E-state index contributed by atoms with van der Waals surface area (Å²) in [6, 6.07) is 7.75. The summed E-state index contributed by atoms with van der Waals surface area (Å²) in [5.74, 6) is 1.12. The third kappa shape index (κ3) is 2.38. The number of carbonyl (C=O) groups is 1. The van der Waals surface area contributed by atoms with Crippen LogP contribution in [0.1, 0.15) is 34.9 Å². The van der Waals surface area contributed by atoms with Crippen molar-refractivity contribution in [3.05, 3.63) is 41.9 Å². The van der Waals surface area contributed by atoms with E-state index in [4.69, 9.17) is 0 Å². The van der Waals surface area contributed by atoms with Gasteiger partial charge in [0.25, 0.3) is 5.91 Å². The van der Waals surface area contributed by atoms with Crippen LogP contribution in [0, 0.1) is 0 Å². The monoisotopic (exact) mass is 310 g/mol. The average Bonchev–Trinajstić information content (AvgIpc) is 3.22. The number of nitrogens with one attached hydrogen (secondary N) is 1. The van der Waals surface area contributed by atoms with Crippen molar-refractivity contribution < 1.29 is 4.79 Å². The highest BCUT2D eigenvalue weighted by molar-refractivity contribution is 6.06. The van der Waals surface area contributed by atoms with E-state index in [0.29, 0.717) is 6.54 Å². The molecular formula is C16H18N6O. The summed E-state index contributed by atoms with van der Waals surface area (Å²) in [7, 11) is 1.84. The minimum Gasteiger partial charge on any atom is -0.361 e. The van der Waals surface area contributed by atoms with Crippen molar-refractivity contribution in [2.24, 2.45) is 7.05 Å². The average molecular weight is 310 g/mol. The molecule has 1 N–H and O–H groups in total. The van der Waals surface area contributed by atoms with Gasteiger partial charge in [-0.15, -0.1) is 5.10 Å². The maximum atomic E-state index is 13.0. The molecule has 1 amide bonds. The van der Waals surface area contributed by atoms with Crippen LogP contribution in [-0.2, 0) is 7.05 Å². The number of hydrogen-bond acceptors (Lipinski definition) is 4. The molecule has 3 aromatic rings. The van der Waals surface area contributed by atoms with E-state index in [2.05, 4.69) is 20.5 Å². The molecule has 1 aliphatic heterocycles. The second-order valence-corrected chi connectivity index (χ2v) is 6.00. The van der Waals surface area contributed by atoms with Crippen LogP contribution in [0.2, 0.25) is 0 Å². The third-order valence-electron chi connectivity index (χ3n) is 4.55. The number of aromatic nitrogens is 5. The number of nitrogens with zero attached hydrogens (tertiary/aromatic N) is 5. The zero-order valence-electron chi connectivity index (χ0n) is 12.9. The Kier molecular flexibility index (Phi) is 3.33. The van der Waals surface area contributed by atoms with E-state index < -0.39 is 0 Å². The van der Waals surface area contributed by atoms with Crippen LogP contribution in [0.5, 0.6) is 0 Å². The van der Waals surface area contributed by atoms with E-state index in [1.165, 1.54) is 0 Å². The summed E-state index contributed by atoms with van der Waals surface area (Å²) in [5, 5.41) is 12.7. The highest BCUT2D eigenvalue weighted by atomic mass is 16.2. The Morgan fingerprint density at radius 2 is 2.26 bits per heavy atom. The lowest BCUT2D eigenvalue weighted by atomic mass is 9.96. The van der Waals surface area contributed by atoms with Crippen molar-refractivity contribution in [2.75, 3.05) is 13.1 Å². The standard InChI is InChI=1S/C16H18N6O/c1-21-15(18-19-20-21)11-4-3-9-22(10-11)16(23)13-5-2-6-14-12(13)7-8-17-14/h2,5-8,11,17H,3-4,9-10H2,1H3. The number of carbonyl (C=O) groups excluding carboxylic acids is 1. The van der Waals surface area contributed by atoms with Crippen LogP contribution in [0.15, 0.2) is 30.5 Å². The van der Waals surface area contributed by atoms with E-state index in [-0.39, 0.29) is 11.8 Å². The zero-order valence-corrected chi connectivity index (χ0v) is 12.9. The topological polar surface area (TPSA) is 79.7 Å². The first kappa shape index (κ1) is 13.9. The van der Waals surface area contributed by atoms with Gasteiger partial charge in [-0.2, -0.15) is 0 Å². The van der Waals surface area contributed by atoms with Crippen LogP contribution < -0.4 is 0 Å². The Hall–Kier alpha value is -2.70. The SMILES string of the molecule is Cn1nnnc1C1CCCN(C(=O)c2cccc3[nH]ccc23)C1. The molecule has 7 heteroatoms. The van der Waals surface area contributed by atoms with E-state index in [1.54, 1.807) is 4.68 Å². The molecule has 3 heterocycles. The predicted octanol–water partition coefficient (Wildman–Crippen LogP) is 1.71. The largest absolute Gasteiger partial charge is 0.361 e. The fourth-order valence-electron chi connectivity index (χ4n) is 3.40. The predicted molar refractivity (Wildman–Crippen MR) is 85.0 cm³/mol. The van der Waals surface area contributed by atoms with Gasteiger partial charge in [-0.1, -0.05) is 6.07 Å². The van der Waals surface area contributed by atoms with Gasteiger partial charge in [-0.25, -0.2) is 4.68 Å². The number of fused-ring (bicyclic) bond motifs is 1. The number of aryl methyl sites for hydroxylation is 1. The third-order valence-corrected chi connectivity index (χ3v) is 4.55. The van der Waals surface area contributed by atoms with Gasteiger partial charge < -0.3 is 9.88 Å². The van der Waals surface area contributed by atoms with Gasteiger partial charge in [0.05, 0.1) is 0 Å². The summed E-state index contributed by atoms with van der Waals surface area (Å²) in [4.78, 5) is 18.0. The molecule has 0 radical (unpaired) electrons. The normalized spacial score (nSPS) is 18.5. The Balaban J connectivity index is 1.61. The molecule has 23 heavy (non-hydrogen) atoms. The minimum atomic E-state index is 0.0787. The zero-order chi connectivity index (χ0) is 15.8. The highest BCUT2D eigenvalue weighted by Gasteiger charge is 2.29. The summed E-state index contributed by atoms with van der Waals surface area (Å²) in [5.41, 5.74) is 1.74. The highest BCUT2D eigenvalue weighted by Crippen LogP contribution is 2.27. The van der Waals surface area contributed by atoms with Crippen LogP contribution in [0.25, 0.3) is 10.9 Å². The first-order valence-electron chi connectivity index (χ1n) is 7.81. The van der Waals surface area contributed by atoms with Gasteiger partial charge in [0.2, 0.25) is 0 Å². The van der Waals surface area contributed by atoms with Crippen LogP contribution in [-0.4, -0.2) is 49.1 Å². The molecule has 0 bridgehead atoms. The van der Waals surface area contributed by atoms with Crippen LogP contribution in [0.3, 0.4) is 0 Å². The van der Waals surface area contributed by atoms with Crippen molar-refractivity contribution in [3.8, 4) is 0 Å². The molecule has 0 spiro atoms. The van der Waals surface area contributed by atoms with Crippen molar-refractivity contribution in [2.45, 2.75) is 18.8 Å². The molecule has 1 atom stereocenters. The molecule has 1 fully saturated rings. The van der Waals surface area contributed by atoms with E-state index in [0.717, 1.165) is 41.7 Å². The summed E-state index contributed by atoms with van der Waals surface area (Å²) in [6.07, 6.45) is 3.84. The Labute approximate surface area is 133 Å². The van der Waals surface area contributed by atoms with E-state index in [9.17, 15) is 4.79 Å². The lowest BCUT2D eigenvalue weighted by Gasteiger charge is -2.32. The Morgan fingerprint density at radius 3 is 3.09 bits per heavy atom. The molecule has 0 saturated carbocycles. The first-order chi connectivity index (χ1) is 11.2. The molecule has 118 valence electrons. The van der Waals surface area contributed by atoms with Gasteiger partial charge in [0.1, 0.15) is 0 Å². The lowest BCUT2D eigenvalue weighted by molar-refractivity contribution is 0.0705. The number of amides is 1. The fraction of sp³-hybridized carbons (Fsp3) is 0.375. The number of H-pyrrole nitrogens is 1. The number of benzene rings is 1. The molecule has 1 aliphatic rings. The Morgan fingerprint density at radius 1 is 1.35 bits per heavy atom. The maximum absolute atomic E-state index is 13.0. The second kappa shape index (κ2) is 5.49. The van der Waals surface area contributed by atoms with Crippen LogP contribution >= 0.6 is 0 Å². The molecular weight excluding hydrogens is 292 g/mol. The van der Waals surface area contributed by atoms with Gasteiger partial charge >= 0.3 is 0 Å². The maximum Gasteiger partial charge on any atom is 0.254 e. The van der Waals surface area contributed by atoms with Crippen molar-refractivity contribution in [1.82, 2.24) is 30.1 Å². The smallest absolute Gasteiger partial charge is 0.254 e. The molecule has 2 aromatic heterocycles. The minimum absolute atomic E-state index is 0.0787. The second-order valence-electron chi connectivity index (χ2n) is 6.00. The van der Waals surface area contributed by atoms with E-state index >= 15 is 0 Å². The lowest BCUT2D eigenvalue weighted by Crippen LogP contribution is -2.39. The molecule has 7 nitrogen and oxygen atoms in total. The van der Waals surface area contributed by atoms with Crippen molar-refractivity contribution >= 4 is 16.8 Å². The van der Waals surface area contributed by atoms with E-state index in [1.807, 2.05) is 42.4 Å². The molecule has 1 unspecified atom stereocenters. The summed E-state index contributed by atoms with van der Waals surface area (Å²) in [6.45, 7) is 1.44. The van der Waals surface area contributed by atoms with Gasteiger partial charge in [0.15, 0.2) is 5.82 Å². The van der Waals surface area contributed by atoms with Gasteiger partial charge in [-0.3, -0.25) is 4.79 Å². The number of piperidine rings is 1. The number of aromatic amines is 1. The fourth-order valence-corrected chi connectivity index (χ4v) is 3.40. The number of tetrazole rings is 1. The quantitative estimate of drug-likeness (QED) is 0.781. The summed E-state index contributed by atoms with van der Waals surface area (Å²) < 4.78 is 1.70. The number of hydrogen-bond donors (Lipinski definition) is 1. The first-order valence-corrected chi connectivity index (χ1v) is 7.81. The van der Waals surface area contributed by atoms with Crippen LogP contribution in [0.4, 0.5) is 0 Å². The van der Waals surface area contributed by atoms with Crippen molar-refractivity contribution in [1.29, 1.82) is 0 Å². The van der Waals surface area contributed by atoms with Gasteiger partial charge in [0, 0.05) is 48.7 Å². The molecule has 1 saturated heterocycles. The Bertz CT molecular complexity index is 851. The summed E-state index contributed by atoms with van der Waals surface area (Å²) >= 11 is 0. The molecule has 0 aliphatic carbocycles. The molecule has 4 rings (SSSR count). The number of likely N-dealkylation sites (tertiary alicyclic amines) is 1. The van der Waals surface area contributed by atoms with Gasteiger partial charge in [-0.05, 0) is 41.5 Å². The van der Waals surface area contributed by atoms with Crippen molar-refractivity contribution in [3.63, 3.8) is 0 Å². The molecule has 1 aromatic carbocycles. The number of rotatable bonds is 2.